The number of amides is 4. The molecule has 0 aromatic heterocycles. The van der Waals surface area contributed by atoms with E-state index < -0.39 is 48.3 Å². The number of anilines is 2. The highest BCUT2D eigenvalue weighted by molar-refractivity contribution is 6.00. The van der Waals surface area contributed by atoms with Gasteiger partial charge in [0, 0.05) is 11.4 Å². The summed E-state index contributed by atoms with van der Waals surface area (Å²) in [7, 11) is 0. The van der Waals surface area contributed by atoms with Gasteiger partial charge in [-0.3, -0.25) is 14.4 Å². The molecule has 198 valence electrons. The summed E-state index contributed by atoms with van der Waals surface area (Å²) in [6.07, 6.45) is -0.613. The zero-order valence-corrected chi connectivity index (χ0v) is 20.9. The van der Waals surface area contributed by atoms with E-state index in [9.17, 15) is 29.1 Å². The third kappa shape index (κ3) is 10.0. The second-order valence-corrected chi connectivity index (χ2v) is 9.01. The molecular formula is C26H32N4O7. The summed E-state index contributed by atoms with van der Waals surface area (Å²) in [6, 6.07) is 10.9. The minimum Gasteiger partial charge on any atom is -0.481 e. The van der Waals surface area contributed by atoms with Crippen LogP contribution in [0.3, 0.4) is 0 Å². The SMILES string of the molecule is Cc1ccccc1NC(=O)Nc1ccc(CC(=O)N[C@@H](CC(C)C)C(=O)N[C@@H](CC(=O)O)C(=O)O)cc1. The van der Waals surface area contributed by atoms with Gasteiger partial charge in [0.15, 0.2) is 0 Å². The number of hydrogen-bond donors (Lipinski definition) is 6. The van der Waals surface area contributed by atoms with E-state index in [1.807, 2.05) is 39.0 Å². The molecule has 0 heterocycles. The number of rotatable bonds is 12. The van der Waals surface area contributed by atoms with E-state index in [4.69, 9.17) is 5.11 Å². The summed E-state index contributed by atoms with van der Waals surface area (Å²) in [6.45, 7) is 5.55. The molecule has 0 unspecified atom stereocenters. The number of carboxylic acids is 2. The molecule has 0 bridgehead atoms. The Balaban J connectivity index is 1.96. The van der Waals surface area contributed by atoms with Gasteiger partial charge in [0.05, 0.1) is 12.8 Å². The lowest BCUT2D eigenvalue weighted by atomic mass is 10.0. The van der Waals surface area contributed by atoms with Crippen LogP contribution in [0.5, 0.6) is 0 Å². The van der Waals surface area contributed by atoms with Gasteiger partial charge in [-0.25, -0.2) is 9.59 Å². The maximum atomic E-state index is 12.6. The average molecular weight is 513 g/mol. The maximum Gasteiger partial charge on any atom is 0.326 e. The zero-order chi connectivity index (χ0) is 27.5. The van der Waals surface area contributed by atoms with Crippen molar-refractivity contribution in [1.29, 1.82) is 0 Å². The molecule has 2 atom stereocenters. The molecule has 0 aliphatic heterocycles. The normalized spacial score (nSPS) is 12.2. The van der Waals surface area contributed by atoms with Crippen LogP contribution in [0.1, 0.15) is 37.8 Å². The van der Waals surface area contributed by atoms with Gasteiger partial charge in [-0.15, -0.1) is 0 Å². The van der Waals surface area contributed by atoms with Crippen LogP contribution in [0.15, 0.2) is 48.5 Å². The largest absolute Gasteiger partial charge is 0.481 e. The van der Waals surface area contributed by atoms with Crippen molar-refractivity contribution in [3.63, 3.8) is 0 Å². The van der Waals surface area contributed by atoms with Gasteiger partial charge in [-0.2, -0.15) is 0 Å². The van der Waals surface area contributed by atoms with Gasteiger partial charge in [0.1, 0.15) is 12.1 Å². The highest BCUT2D eigenvalue weighted by Crippen LogP contribution is 2.15. The molecule has 2 rings (SSSR count). The Morgan fingerprint density at radius 1 is 0.838 bits per heavy atom. The van der Waals surface area contributed by atoms with Crippen molar-refractivity contribution in [2.75, 3.05) is 10.6 Å². The third-order valence-corrected chi connectivity index (χ3v) is 5.32. The lowest BCUT2D eigenvalue weighted by Gasteiger charge is -2.22. The van der Waals surface area contributed by atoms with Crippen LogP contribution in [-0.2, 0) is 25.6 Å². The molecule has 37 heavy (non-hydrogen) atoms. The number of carbonyl (C=O) groups is 5. The molecule has 4 amide bonds. The molecule has 2 aromatic rings. The van der Waals surface area contributed by atoms with Crippen molar-refractivity contribution in [2.45, 2.75) is 52.1 Å². The fourth-order valence-corrected chi connectivity index (χ4v) is 3.48. The first-order valence-corrected chi connectivity index (χ1v) is 11.7. The van der Waals surface area contributed by atoms with Crippen molar-refractivity contribution in [3.8, 4) is 0 Å². The fraction of sp³-hybridized carbons (Fsp3) is 0.346. The van der Waals surface area contributed by atoms with Gasteiger partial charge in [0.2, 0.25) is 11.8 Å². The number of carbonyl (C=O) groups excluding carboxylic acids is 3. The number of nitrogens with one attached hydrogen (secondary N) is 4. The molecule has 0 radical (unpaired) electrons. The predicted octanol–water partition coefficient (Wildman–Crippen LogP) is 2.76. The first-order chi connectivity index (χ1) is 17.4. The number of hydrogen-bond acceptors (Lipinski definition) is 5. The van der Waals surface area contributed by atoms with Gasteiger partial charge < -0.3 is 31.5 Å². The van der Waals surface area contributed by atoms with Crippen LogP contribution in [-0.4, -0.2) is 52.1 Å². The summed E-state index contributed by atoms with van der Waals surface area (Å²) in [5.41, 5.74) is 2.75. The Morgan fingerprint density at radius 2 is 1.49 bits per heavy atom. The van der Waals surface area contributed by atoms with Crippen LogP contribution in [0.4, 0.5) is 16.2 Å². The van der Waals surface area contributed by atoms with Crippen molar-refractivity contribution < 1.29 is 34.2 Å². The lowest BCUT2D eigenvalue weighted by molar-refractivity contribution is -0.147. The van der Waals surface area contributed by atoms with E-state index in [0.29, 0.717) is 16.9 Å². The summed E-state index contributed by atoms with van der Waals surface area (Å²) in [4.78, 5) is 59.7. The summed E-state index contributed by atoms with van der Waals surface area (Å²) < 4.78 is 0. The first kappa shape index (κ1) is 28.8. The average Bonchev–Trinajstić information content (AvgIpc) is 2.80. The van der Waals surface area contributed by atoms with E-state index in [-0.39, 0.29) is 18.8 Å². The van der Waals surface area contributed by atoms with E-state index in [1.54, 1.807) is 30.3 Å². The summed E-state index contributed by atoms with van der Waals surface area (Å²) in [5.74, 6) is -4.09. The van der Waals surface area contributed by atoms with Crippen LogP contribution >= 0.6 is 0 Å². The topological polar surface area (TPSA) is 174 Å². The molecule has 11 heteroatoms. The van der Waals surface area contributed by atoms with Gasteiger partial charge in [-0.1, -0.05) is 44.2 Å². The van der Waals surface area contributed by atoms with Crippen molar-refractivity contribution in [2.24, 2.45) is 5.92 Å². The molecule has 0 spiro atoms. The van der Waals surface area contributed by atoms with Crippen molar-refractivity contribution >= 4 is 41.2 Å². The fourth-order valence-electron chi connectivity index (χ4n) is 3.48. The highest BCUT2D eigenvalue weighted by Gasteiger charge is 2.28. The molecule has 11 nitrogen and oxygen atoms in total. The maximum absolute atomic E-state index is 12.6. The van der Waals surface area contributed by atoms with Gasteiger partial charge >= 0.3 is 18.0 Å². The van der Waals surface area contributed by atoms with E-state index in [2.05, 4.69) is 21.3 Å². The van der Waals surface area contributed by atoms with Crippen LogP contribution in [0, 0.1) is 12.8 Å². The molecule has 0 fully saturated rings. The standard InChI is InChI=1S/C26H32N4O7/c1-15(2)12-20(24(34)29-21(25(35)36)14-23(32)33)28-22(31)13-17-8-10-18(11-9-17)27-26(37)30-19-7-5-4-6-16(19)3/h4-11,15,20-21H,12-14H2,1-3H3,(H,28,31)(H,29,34)(H,32,33)(H,35,36)(H2,27,30,37)/t20-,21-/m0/s1. The molecule has 0 saturated carbocycles. The van der Waals surface area contributed by atoms with Gasteiger partial charge in [-0.05, 0) is 48.6 Å². The Bertz CT molecular complexity index is 1130. The predicted molar refractivity (Wildman–Crippen MR) is 137 cm³/mol. The number of aliphatic carboxylic acids is 2. The molecule has 0 aliphatic rings. The minimum absolute atomic E-state index is 0.00465. The number of urea groups is 1. The molecular weight excluding hydrogens is 480 g/mol. The molecule has 2 aromatic carbocycles. The molecule has 0 aliphatic carbocycles. The first-order valence-electron chi connectivity index (χ1n) is 11.7. The molecule has 6 N–H and O–H groups in total. The van der Waals surface area contributed by atoms with Gasteiger partial charge in [0.25, 0.3) is 0 Å². The van der Waals surface area contributed by atoms with E-state index >= 15 is 0 Å². The van der Waals surface area contributed by atoms with Crippen LogP contribution in [0.2, 0.25) is 0 Å². The second kappa shape index (κ2) is 13.6. The highest BCUT2D eigenvalue weighted by atomic mass is 16.4. The third-order valence-electron chi connectivity index (χ3n) is 5.32. The summed E-state index contributed by atoms with van der Waals surface area (Å²) >= 11 is 0. The Hall–Kier alpha value is -4.41. The number of benzene rings is 2. The Morgan fingerprint density at radius 3 is 2.05 bits per heavy atom. The van der Waals surface area contributed by atoms with Crippen LogP contribution in [0.25, 0.3) is 0 Å². The zero-order valence-electron chi connectivity index (χ0n) is 20.9. The lowest BCUT2D eigenvalue weighted by Crippen LogP contribution is -2.52. The quantitative estimate of drug-likeness (QED) is 0.253. The second-order valence-electron chi connectivity index (χ2n) is 9.01. The number of aryl methyl sites for hydroxylation is 1. The van der Waals surface area contributed by atoms with E-state index in [0.717, 1.165) is 5.56 Å². The smallest absolute Gasteiger partial charge is 0.326 e. The number of carboxylic acid groups (broad SMARTS) is 2. The van der Waals surface area contributed by atoms with Crippen molar-refractivity contribution in [1.82, 2.24) is 10.6 Å². The monoisotopic (exact) mass is 512 g/mol. The minimum atomic E-state index is -1.61. The molecule has 0 saturated heterocycles. The Kier molecular flexibility index (Phi) is 10.6. The summed E-state index contributed by atoms with van der Waals surface area (Å²) in [5, 5.41) is 28.3. The Labute approximate surface area is 214 Å². The van der Waals surface area contributed by atoms with Crippen LogP contribution < -0.4 is 21.3 Å². The van der Waals surface area contributed by atoms with Crippen molar-refractivity contribution in [3.05, 3.63) is 59.7 Å². The number of para-hydroxylation sites is 1. The van der Waals surface area contributed by atoms with E-state index in [1.165, 1.54) is 0 Å².